The zero-order chi connectivity index (χ0) is 13.1. The molecule has 0 spiro atoms. The van der Waals surface area contributed by atoms with Gasteiger partial charge in [-0.3, -0.25) is 0 Å². The van der Waals surface area contributed by atoms with Gasteiger partial charge in [0.05, 0.1) is 12.1 Å². The van der Waals surface area contributed by atoms with E-state index in [0.717, 1.165) is 13.0 Å². The summed E-state index contributed by atoms with van der Waals surface area (Å²) in [5.41, 5.74) is 0.640. The fourth-order valence-electron chi connectivity index (χ4n) is 2.43. The smallest absolute Gasteiger partial charge is 0.170 e. The third-order valence-electron chi connectivity index (χ3n) is 3.49. The largest absolute Gasteiger partial charge is 0.376 e. The molecule has 0 radical (unpaired) electrons. The number of halogens is 1. The molecule has 0 saturated carbocycles. The highest BCUT2D eigenvalue weighted by Gasteiger charge is 2.30. The summed E-state index contributed by atoms with van der Waals surface area (Å²) in [6.45, 7) is 3.25. The maximum atomic E-state index is 14.3. The van der Waals surface area contributed by atoms with E-state index in [1.54, 1.807) is 19.3 Å². The monoisotopic (exact) mass is 253 g/mol. The van der Waals surface area contributed by atoms with Crippen LogP contribution in [0.5, 0.6) is 0 Å². The van der Waals surface area contributed by atoms with Crippen LogP contribution in [0, 0.1) is 5.82 Å². The van der Waals surface area contributed by atoms with Crippen LogP contribution in [-0.2, 0) is 11.3 Å². The Bertz CT molecular complexity index is 413. The van der Waals surface area contributed by atoms with E-state index in [0.29, 0.717) is 17.9 Å². The second-order valence-electron chi connectivity index (χ2n) is 4.68. The summed E-state index contributed by atoms with van der Waals surface area (Å²) in [7, 11) is 3.68. The highest BCUT2D eigenvalue weighted by Crippen LogP contribution is 2.26. The maximum Gasteiger partial charge on any atom is 0.170 e. The summed E-state index contributed by atoms with van der Waals surface area (Å²) in [4.78, 5) is 6.06. The van der Waals surface area contributed by atoms with Crippen LogP contribution < -0.4 is 10.2 Å². The van der Waals surface area contributed by atoms with Crippen molar-refractivity contribution in [3.05, 3.63) is 23.6 Å². The zero-order valence-corrected chi connectivity index (χ0v) is 11.1. The Labute approximate surface area is 107 Å². The van der Waals surface area contributed by atoms with Crippen LogP contribution in [0.1, 0.15) is 18.9 Å². The molecular formula is C13H20FN3O. The Hall–Kier alpha value is -1.20. The van der Waals surface area contributed by atoms with E-state index in [1.807, 2.05) is 18.9 Å². The van der Waals surface area contributed by atoms with Gasteiger partial charge in [0.1, 0.15) is 0 Å². The maximum absolute atomic E-state index is 14.3. The molecule has 0 aliphatic carbocycles. The summed E-state index contributed by atoms with van der Waals surface area (Å²) >= 11 is 0. The van der Waals surface area contributed by atoms with Crippen molar-refractivity contribution in [2.45, 2.75) is 32.0 Å². The van der Waals surface area contributed by atoms with E-state index in [-0.39, 0.29) is 18.0 Å². The number of anilines is 1. The minimum atomic E-state index is -0.242. The molecule has 4 nitrogen and oxygen atoms in total. The summed E-state index contributed by atoms with van der Waals surface area (Å²) in [5.74, 6) is 0.165. The fourth-order valence-corrected chi connectivity index (χ4v) is 2.43. The Morgan fingerprint density at radius 1 is 1.61 bits per heavy atom. The van der Waals surface area contributed by atoms with Gasteiger partial charge in [0.15, 0.2) is 11.6 Å². The number of ether oxygens (including phenoxy) is 1. The average Bonchev–Trinajstić information content (AvgIpc) is 2.78. The van der Waals surface area contributed by atoms with E-state index >= 15 is 0 Å². The number of rotatable bonds is 4. The number of nitrogens with one attached hydrogen (secondary N) is 1. The van der Waals surface area contributed by atoms with Gasteiger partial charge in [-0.05, 0) is 26.5 Å². The third kappa shape index (κ3) is 2.47. The van der Waals surface area contributed by atoms with Crippen molar-refractivity contribution in [2.75, 3.05) is 25.6 Å². The Morgan fingerprint density at radius 3 is 3.00 bits per heavy atom. The van der Waals surface area contributed by atoms with Gasteiger partial charge in [0.25, 0.3) is 0 Å². The van der Waals surface area contributed by atoms with Crippen molar-refractivity contribution in [1.29, 1.82) is 0 Å². The molecule has 1 saturated heterocycles. The molecule has 18 heavy (non-hydrogen) atoms. The normalized spacial score (nSPS) is 23.3. The Morgan fingerprint density at radius 2 is 2.39 bits per heavy atom. The molecule has 2 heterocycles. The van der Waals surface area contributed by atoms with E-state index < -0.39 is 0 Å². The second-order valence-corrected chi connectivity index (χ2v) is 4.68. The van der Waals surface area contributed by atoms with Gasteiger partial charge in [-0.15, -0.1) is 0 Å². The first kappa shape index (κ1) is 13.2. The molecule has 2 rings (SSSR count). The number of hydrogen-bond acceptors (Lipinski definition) is 4. The lowest BCUT2D eigenvalue weighted by molar-refractivity contribution is 0.118. The summed E-state index contributed by atoms with van der Waals surface area (Å²) in [6, 6.07) is 1.90. The minimum absolute atomic E-state index is 0.115. The number of pyridine rings is 1. The van der Waals surface area contributed by atoms with Gasteiger partial charge in [0, 0.05) is 32.0 Å². The van der Waals surface area contributed by atoms with E-state index in [2.05, 4.69) is 10.3 Å². The average molecular weight is 253 g/mol. The highest BCUT2D eigenvalue weighted by molar-refractivity contribution is 5.43. The van der Waals surface area contributed by atoms with Crippen molar-refractivity contribution in [3.63, 3.8) is 0 Å². The molecule has 0 bridgehead atoms. The number of aromatic nitrogens is 1. The molecule has 5 heteroatoms. The van der Waals surface area contributed by atoms with Gasteiger partial charge in [-0.1, -0.05) is 0 Å². The Kier molecular flexibility index (Phi) is 4.14. The van der Waals surface area contributed by atoms with Gasteiger partial charge in [-0.2, -0.15) is 0 Å². The second kappa shape index (κ2) is 5.63. The van der Waals surface area contributed by atoms with Gasteiger partial charge in [0.2, 0.25) is 0 Å². The molecule has 100 valence electrons. The molecule has 2 atom stereocenters. The van der Waals surface area contributed by atoms with Crippen molar-refractivity contribution in [3.8, 4) is 0 Å². The first-order valence-corrected chi connectivity index (χ1v) is 6.27. The molecule has 0 amide bonds. The molecule has 1 N–H and O–H groups in total. The number of hydrogen-bond donors (Lipinski definition) is 1. The van der Waals surface area contributed by atoms with Gasteiger partial charge >= 0.3 is 0 Å². The highest BCUT2D eigenvalue weighted by atomic mass is 19.1. The predicted molar refractivity (Wildman–Crippen MR) is 69.2 cm³/mol. The van der Waals surface area contributed by atoms with Crippen LogP contribution in [0.4, 0.5) is 10.2 Å². The van der Waals surface area contributed by atoms with Crippen molar-refractivity contribution in [2.24, 2.45) is 0 Å². The van der Waals surface area contributed by atoms with Crippen LogP contribution >= 0.6 is 0 Å². The van der Waals surface area contributed by atoms with Crippen molar-refractivity contribution < 1.29 is 9.13 Å². The van der Waals surface area contributed by atoms with Crippen LogP contribution in [-0.4, -0.2) is 37.8 Å². The van der Waals surface area contributed by atoms with E-state index in [1.165, 1.54) is 0 Å². The standard InChI is InChI=1S/C13H20FN3O/c1-9-11(5-7-18-9)17(3)13-12(14)10(8-15-2)4-6-16-13/h4,6,9,11,15H,5,7-8H2,1-3H3. The summed E-state index contributed by atoms with van der Waals surface area (Å²) < 4.78 is 19.8. The fraction of sp³-hybridized carbons (Fsp3) is 0.615. The molecule has 1 aliphatic heterocycles. The molecular weight excluding hydrogens is 233 g/mol. The lowest BCUT2D eigenvalue weighted by Gasteiger charge is -2.28. The Balaban J connectivity index is 2.24. The van der Waals surface area contributed by atoms with E-state index in [9.17, 15) is 4.39 Å². The quantitative estimate of drug-likeness (QED) is 0.883. The molecule has 1 fully saturated rings. The zero-order valence-electron chi connectivity index (χ0n) is 11.1. The molecule has 0 aromatic carbocycles. The molecule has 1 aliphatic rings. The molecule has 1 aromatic rings. The third-order valence-corrected chi connectivity index (χ3v) is 3.49. The molecule has 2 unspecified atom stereocenters. The SMILES string of the molecule is CNCc1ccnc(N(C)C2CCOC2C)c1F. The van der Waals surface area contributed by atoms with Crippen LogP contribution in [0.3, 0.4) is 0 Å². The van der Waals surface area contributed by atoms with Gasteiger partial charge in [-0.25, -0.2) is 9.37 Å². The topological polar surface area (TPSA) is 37.4 Å². The van der Waals surface area contributed by atoms with Crippen LogP contribution in [0.2, 0.25) is 0 Å². The van der Waals surface area contributed by atoms with Crippen molar-refractivity contribution in [1.82, 2.24) is 10.3 Å². The predicted octanol–water partition coefficient (Wildman–Crippen LogP) is 1.55. The summed E-state index contributed by atoms with van der Waals surface area (Å²) in [5, 5.41) is 2.96. The van der Waals surface area contributed by atoms with Crippen LogP contribution in [0.15, 0.2) is 12.3 Å². The van der Waals surface area contributed by atoms with Gasteiger partial charge < -0.3 is 15.0 Å². The molecule has 1 aromatic heterocycles. The number of nitrogens with zero attached hydrogens (tertiary/aromatic N) is 2. The number of likely N-dealkylation sites (N-methyl/N-ethyl adjacent to an activating group) is 1. The van der Waals surface area contributed by atoms with Crippen LogP contribution in [0.25, 0.3) is 0 Å². The first-order valence-electron chi connectivity index (χ1n) is 6.27. The lowest BCUT2D eigenvalue weighted by Crippen LogP contribution is -2.38. The van der Waals surface area contributed by atoms with Crippen molar-refractivity contribution >= 4 is 5.82 Å². The lowest BCUT2D eigenvalue weighted by atomic mass is 10.1. The first-order chi connectivity index (χ1) is 8.65. The summed E-state index contributed by atoms with van der Waals surface area (Å²) in [6.07, 6.45) is 2.68. The minimum Gasteiger partial charge on any atom is -0.376 e. The van der Waals surface area contributed by atoms with E-state index in [4.69, 9.17) is 4.74 Å².